The highest BCUT2D eigenvalue weighted by molar-refractivity contribution is 5.94. The minimum atomic E-state index is -0.153. The first kappa shape index (κ1) is 20.5. The molecule has 3 heterocycles. The van der Waals surface area contributed by atoms with E-state index in [0.29, 0.717) is 23.8 Å². The van der Waals surface area contributed by atoms with Gasteiger partial charge in [0.25, 0.3) is 5.91 Å². The summed E-state index contributed by atoms with van der Waals surface area (Å²) in [5, 5.41) is 0. The van der Waals surface area contributed by atoms with Crippen LogP contribution in [0.5, 0.6) is 0 Å². The van der Waals surface area contributed by atoms with Gasteiger partial charge in [0.05, 0.1) is 18.7 Å². The van der Waals surface area contributed by atoms with Crippen LogP contribution in [0, 0.1) is 18.8 Å². The van der Waals surface area contributed by atoms with Crippen LogP contribution in [0.1, 0.15) is 40.5 Å². The zero-order chi connectivity index (χ0) is 21.1. The van der Waals surface area contributed by atoms with Crippen molar-refractivity contribution >= 4 is 11.9 Å². The first-order valence-electron chi connectivity index (χ1n) is 10.6. The third-order valence-electron chi connectivity index (χ3n) is 6.38. The monoisotopic (exact) mass is 407 g/mol. The van der Waals surface area contributed by atoms with Gasteiger partial charge in [-0.25, -0.2) is 0 Å². The molecule has 1 amide bonds. The lowest BCUT2D eigenvalue weighted by Crippen LogP contribution is -2.36. The first-order chi connectivity index (χ1) is 14.6. The predicted octanol–water partition coefficient (Wildman–Crippen LogP) is 3.09. The minimum absolute atomic E-state index is 0.0583. The van der Waals surface area contributed by atoms with Crippen LogP contribution in [-0.2, 0) is 9.53 Å². The fourth-order valence-electron chi connectivity index (χ4n) is 4.92. The van der Waals surface area contributed by atoms with E-state index >= 15 is 0 Å². The summed E-state index contributed by atoms with van der Waals surface area (Å²) in [6.07, 6.45) is 2.95. The quantitative estimate of drug-likeness (QED) is 0.689. The van der Waals surface area contributed by atoms with Gasteiger partial charge in [0, 0.05) is 43.9 Å². The van der Waals surface area contributed by atoms with E-state index in [2.05, 4.69) is 22.0 Å². The van der Waals surface area contributed by atoms with E-state index in [1.165, 1.54) is 12.7 Å². The molecule has 0 N–H and O–H groups in total. The number of benzene rings is 1. The average Bonchev–Trinajstić information content (AvgIpc) is 3.31. The van der Waals surface area contributed by atoms with E-state index < -0.39 is 0 Å². The van der Waals surface area contributed by atoms with Gasteiger partial charge in [0.15, 0.2) is 0 Å². The van der Waals surface area contributed by atoms with Gasteiger partial charge in [-0.15, -0.1) is 0 Å². The number of carbonyl (C=O) groups excluding carboxylic acids is 2. The van der Waals surface area contributed by atoms with Gasteiger partial charge in [-0.3, -0.25) is 14.6 Å². The number of carbonyl (C=O) groups is 2. The number of pyridine rings is 1. The summed E-state index contributed by atoms with van der Waals surface area (Å²) in [4.78, 5) is 33.6. The molecule has 0 saturated carbocycles. The number of ether oxygens (including phenoxy) is 1. The summed E-state index contributed by atoms with van der Waals surface area (Å²) in [6.45, 7) is 5.48. The second kappa shape index (κ2) is 8.96. The molecule has 6 nitrogen and oxygen atoms in total. The number of hydrogen-bond acceptors (Lipinski definition) is 5. The smallest absolute Gasteiger partial charge is 0.305 e. The molecule has 3 atom stereocenters. The largest absolute Gasteiger partial charge is 0.469 e. The minimum Gasteiger partial charge on any atom is -0.469 e. The molecule has 1 aromatic carbocycles. The summed E-state index contributed by atoms with van der Waals surface area (Å²) >= 11 is 0. The van der Waals surface area contributed by atoms with Gasteiger partial charge in [-0.05, 0) is 43.5 Å². The van der Waals surface area contributed by atoms with Crippen molar-refractivity contribution in [1.82, 2.24) is 14.8 Å². The number of amides is 1. The number of rotatable bonds is 6. The number of aromatic nitrogens is 1. The maximum Gasteiger partial charge on any atom is 0.305 e. The topological polar surface area (TPSA) is 62.7 Å². The Kier molecular flexibility index (Phi) is 6.13. The van der Waals surface area contributed by atoms with Gasteiger partial charge in [-0.2, -0.15) is 0 Å². The highest BCUT2D eigenvalue weighted by atomic mass is 16.5. The number of aryl methyl sites for hydroxylation is 1. The maximum absolute atomic E-state index is 13.4. The average molecular weight is 408 g/mol. The molecule has 0 aliphatic carbocycles. The van der Waals surface area contributed by atoms with E-state index in [-0.39, 0.29) is 17.9 Å². The van der Waals surface area contributed by atoms with E-state index in [1.54, 1.807) is 6.20 Å². The Morgan fingerprint density at radius 1 is 1.10 bits per heavy atom. The van der Waals surface area contributed by atoms with Crippen molar-refractivity contribution < 1.29 is 14.3 Å². The predicted molar refractivity (Wildman–Crippen MR) is 114 cm³/mol. The SMILES string of the molecule is COC(=O)CCCN1C[C@H]2CN(C(=O)c3ccc(C)nc3)[C@H](c3ccccc3)[C@H]2C1. The standard InChI is InChI=1S/C24H29N3O3/c1-17-10-11-19(13-25-17)24(29)27-15-20-14-26(12-6-9-22(28)30-2)16-21(20)23(27)18-7-4-3-5-8-18/h3-5,7-8,10-11,13,20-21,23H,6,9,12,14-16H2,1-2H3/t20-,21-,23+/m0/s1. The molecule has 30 heavy (non-hydrogen) atoms. The Morgan fingerprint density at radius 2 is 1.90 bits per heavy atom. The molecular formula is C24H29N3O3. The van der Waals surface area contributed by atoms with Crippen LogP contribution >= 0.6 is 0 Å². The lowest BCUT2D eigenvalue weighted by molar-refractivity contribution is -0.140. The fourth-order valence-corrected chi connectivity index (χ4v) is 4.92. The first-order valence-corrected chi connectivity index (χ1v) is 10.6. The lowest BCUT2D eigenvalue weighted by atomic mass is 9.89. The van der Waals surface area contributed by atoms with E-state index in [9.17, 15) is 9.59 Å². The van der Waals surface area contributed by atoms with Gasteiger partial charge in [-0.1, -0.05) is 30.3 Å². The second-order valence-electron chi connectivity index (χ2n) is 8.36. The number of hydrogen-bond donors (Lipinski definition) is 0. The highest BCUT2D eigenvalue weighted by Crippen LogP contribution is 2.45. The molecule has 0 unspecified atom stereocenters. The van der Waals surface area contributed by atoms with Crippen molar-refractivity contribution in [3.05, 3.63) is 65.5 Å². The Hall–Kier alpha value is -2.73. The number of likely N-dealkylation sites (tertiary alicyclic amines) is 2. The number of methoxy groups -OCH3 is 1. The van der Waals surface area contributed by atoms with Crippen molar-refractivity contribution in [2.45, 2.75) is 25.8 Å². The number of nitrogens with zero attached hydrogens (tertiary/aromatic N) is 3. The summed E-state index contributed by atoms with van der Waals surface area (Å²) in [7, 11) is 1.43. The maximum atomic E-state index is 13.4. The zero-order valence-corrected chi connectivity index (χ0v) is 17.7. The van der Waals surface area contributed by atoms with Gasteiger partial charge >= 0.3 is 5.97 Å². The second-order valence-corrected chi connectivity index (χ2v) is 8.36. The van der Waals surface area contributed by atoms with Crippen molar-refractivity contribution in [2.75, 3.05) is 33.3 Å². The van der Waals surface area contributed by atoms with Crippen LogP contribution < -0.4 is 0 Å². The fraction of sp³-hybridized carbons (Fsp3) is 0.458. The molecule has 2 aliphatic rings. The third-order valence-corrected chi connectivity index (χ3v) is 6.38. The molecule has 1 aromatic heterocycles. The lowest BCUT2D eigenvalue weighted by Gasteiger charge is -2.30. The van der Waals surface area contributed by atoms with Crippen molar-refractivity contribution in [1.29, 1.82) is 0 Å². The van der Waals surface area contributed by atoms with Crippen LogP contribution in [0.3, 0.4) is 0 Å². The summed E-state index contributed by atoms with van der Waals surface area (Å²) in [5.74, 6) is 0.742. The van der Waals surface area contributed by atoms with Crippen molar-refractivity contribution in [2.24, 2.45) is 11.8 Å². The van der Waals surface area contributed by atoms with Gasteiger partial charge in [0.1, 0.15) is 0 Å². The number of fused-ring (bicyclic) bond motifs is 1. The van der Waals surface area contributed by atoms with Crippen LogP contribution in [0.2, 0.25) is 0 Å². The molecule has 0 radical (unpaired) electrons. The summed E-state index contributed by atoms with van der Waals surface area (Å²) < 4.78 is 4.75. The normalized spacial score (nSPS) is 23.4. The number of esters is 1. The molecule has 158 valence electrons. The molecule has 2 saturated heterocycles. The van der Waals surface area contributed by atoms with E-state index in [1.807, 2.05) is 42.2 Å². The van der Waals surface area contributed by atoms with Crippen molar-refractivity contribution in [3.63, 3.8) is 0 Å². The summed E-state index contributed by atoms with van der Waals surface area (Å²) in [5.41, 5.74) is 2.75. The molecule has 2 fully saturated rings. The Morgan fingerprint density at radius 3 is 2.60 bits per heavy atom. The molecule has 4 rings (SSSR count). The van der Waals surface area contributed by atoms with Crippen LogP contribution in [0.25, 0.3) is 0 Å². The highest BCUT2D eigenvalue weighted by Gasteiger charge is 2.49. The zero-order valence-electron chi connectivity index (χ0n) is 17.7. The Bertz CT molecular complexity index is 884. The van der Waals surface area contributed by atoms with Crippen LogP contribution in [-0.4, -0.2) is 59.9 Å². The van der Waals surface area contributed by atoms with Crippen LogP contribution in [0.15, 0.2) is 48.7 Å². The molecule has 0 bridgehead atoms. The van der Waals surface area contributed by atoms with Crippen LogP contribution in [0.4, 0.5) is 0 Å². The Labute approximate surface area is 177 Å². The molecule has 2 aromatic rings. The van der Waals surface area contributed by atoms with Gasteiger partial charge in [0.2, 0.25) is 0 Å². The summed E-state index contributed by atoms with van der Waals surface area (Å²) in [6, 6.07) is 14.2. The van der Waals surface area contributed by atoms with Crippen molar-refractivity contribution in [3.8, 4) is 0 Å². The Balaban J connectivity index is 1.51. The third kappa shape index (κ3) is 4.24. The van der Waals surface area contributed by atoms with Gasteiger partial charge < -0.3 is 14.5 Å². The molecule has 2 aliphatic heterocycles. The molecular weight excluding hydrogens is 378 g/mol. The molecule has 0 spiro atoms. The van der Waals surface area contributed by atoms with E-state index in [4.69, 9.17) is 4.74 Å². The van der Waals surface area contributed by atoms with E-state index in [0.717, 1.165) is 38.3 Å². The molecule has 6 heteroatoms.